The number of aliphatic carboxylic acids is 1. The van der Waals surface area contributed by atoms with Gasteiger partial charge in [0, 0.05) is 22.6 Å². The molecule has 0 atom stereocenters. The van der Waals surface area contributed by atoms with Crippen molar-refractivity contribution < 1.29 is 9.90 Å². The van der Waals surface area contributed by atoms with Crippen LogP contribution >= 0.6 is 11.6 Å². The van der Waals surface area contributed by atoms with E-state index in [4.69, 9.17) is 16.7 Å². The van der Waals surface area contributed by atoms with E-state index in [1.54, 1.807) is 0 Å². The number of rotatable bonds is 4. The van der Waals surface area contributed by atoms with Crippen molar-refractivity contribution in [2.75, 3.05) is 0 Å². The average molecular weight is 314 g/mol. The van der Waals surface area contributed by atoms with Gasteiger partial charge >= 0.3 is 5.97 Å². The van der Waals surface area contributed by atoms with Gasteiger partial charge in [-0.3, -0.25) is 4.79 Å². The first-order chi connectivity index (χ1) is 10.6. The molecule has 0 spiro atoms. The number of nitrogens with zero attached hydrogens (tertiary/aromatic N) is 1. The van der Waals surface area contributed by atoms with Crippen molar-refractivity contribution >= 4 is 28.5 Å². The molecule has 3 nitrogen and oxygen atoms in total. The van der Waals surface area contributed by atoms with Crippen LogP contribution in [0.3, 0.4) is 0 Å². The van der Waals surface area contributed by atoms with E-state index in [1.807, 2.05) is 43.3 Å². The summed E-state index contributed by atoms with van der Waals surface area (Å²) in [6.45, 7) is 2.66. The summed E-state index contributed by atoms with van der Waals surface area (Å²) >= 11 is 6.13. The number of carbonyl (C=O) groups is 1. The first-order valence-electron chi connectivity index (χ1n) is 7.09. The highest BCUT2D eigenvalue weighted by atomic mass is 35.5. The molecular formula is C18H16ClNO2. The fraction of sp³-hybridized carbons (Fsp3) is 0.167. The van der Waals surface area contributed by atoms with Crippen molar-refractivity contribution in [1.29, 1.82) is 0 Å². The van der Waals surface area contributed by atoms with Gasteiger partial charge in [-0.2, -0.15) is 0 Å². The van der Waals surface area contributed by atoms with E-state index in [9.17, 15) is 4.79 Å². The lowest BCUT2D eigenvalue weighted by molar-refractivity contribution is -0.136. The molecule has 0 saturated heterocycles. The average Bonchev–Trinajstić information content (AvgIpc) is 2.73. The molecule has 3 aromatic rings. The Morgan fingerprint density at radius 3 is 2.59 bits per heavy atom. The molecule has 0 aliphatic heterocycles. The van der Waals surface area contributed by atoms with Gasteiger partial charge in [-0.15, -0.1) is 0 Å². The zero-order chi connectivity index (χ0) is 15.7. The van der Waals surface area contributed by atoms with E-state index in [1.165, 1.54) is 5.56 Å². The van der Waals surface area contributed by atoms with Crippen molar-refractivity contribution in [3.8, 4) is 0 Å². The molecule has 2 aromatic carbocycles. The van der Waals surface area contributed by atoms with E-state index >= 15 is 0 Å². The van der Waals surface area contributed by atoms with Crippen LogP contribution in [0.4, 0.5) is 0 Å². The number of fused-ring (bicyclic) bond motifs is 1. The fourth-order valence-electron chi connectivity index (χ4n) is 2.87. The van der Waals surface area contributed by atoms with Gasteiger partial charge in [-0.25, -0.2) is 0 Å². The minimum absolute atomic E-state index is 0.0196. The van der Waals surface area contributed by atoms with Crippen LogP contribution in [-0.2, 0) is 17.8 Å². The molecular weight excluding hydrogens is 298 g/mol. The van der Waals surface area contributed by atoms with Crippen molar-refractivity contribution in [2.45, 2.75) is 19.9 Å². The third-order valence-corrected chi connectivity index (χ3v) is 4.16. The van der Waals surface area contributed by atoms with Crippen molar-refractivity contribution in [3.63, 3.8) is 0 Å². The Bertz CT molecular complexity index is 837. The molecule has 1 aromatic heterocycles. The Morgan fingerprint density at radius 2 is 1.91 bits per heavy atom. The Balaban J connectivity index is 2.17. The maximum atomic E-state index is 11.2. The van der Waals surface area contributed by atoms with Gasteiger partial charge < -0.3 is 9.67 Å². The predicted molar refractivity (Wildman–Crippen MR) is 88.6 cm³/mol. The molecule has 0 aliphatic carbocycles. The number of carboxylic acid groups (broad SMARTS) is 1. The highest BCUT2D eigenvalue weighted by Crippen LogP contribution is 2.29. The molecule has 0 bridgehead atoms. The lowest BCUT2D eigenvalue weighted by Gasteiger charge is -2.09. The van der Waals surface area contributed by atoms with Crippen LogP contribution in [0.2, 0.25) is 5.02 Å². The van der Waals surface area contributed by atoms with Gasteiger partial charge in [0.15, 0.2) is 0 Å². The second kappa shape index (κ2) is 5.85. The van der Waals surface area contributed by atoms with Gasteiger partial charge in [0.25, 0.3) is 0 Å². The summed E-state index contributed by atoms with van der Waals surface area (Å²) in [4.78, 5) is 11.2. The summed E-state index contributed by atoms with van der Waals surface area (Å²) in [5.41, 5.74) is 3.98. The third-order valence-electron chi connectivity index (χ3n) is 3.93. The van der Waals surface area contributed by atoms with Gasteiger partial charge in [0.2, 0.25) is 0 Å². The number of benzene rings is 2. The smallest absolute Gasteiger partial charge is 0.307 e. The van der Waals surface area contributed by atoms with E-state index in [0.29, 0.717) is 11.6 Å². The second-order valence-corrected chi connectivity index (χ2v) is 5.80. The summed E-state index contributed by atoms with van der Waals surface area (Å²) in [6.07, 6.45) is 0.0196. The second-order valence-electron chi connectivity index (χ2n) is 5.37. The monoisotopic (exact) mass is 313 g/mol. The molecule has 1 heterocycles. The molecule has 0 saturated carbocycles. The zero-order valence-electron chi connectivity index (χ0n) is 12.2. The summed E-state index contributed by atoms with van der Waals surface area (Å²) in [6, 6.07) is 15.7. The lowest BCUT2D eigenvalue weighted by atomic mass is 10.1. The van der Waals surface area contributed by atoms with Crippen molar-refractivity contribution in [2.24, 2.45) is 0 Å². The standard InChI is InChI=1S/C18H16ClNO2/c1-12-16(10-18(21)22)15-8-7-14(19)9-17(15)20(12)11-13-5-3-2-4-6-13/h2-9H,10-11H2,1H3,(H,21,22). The number of halogens is 1. The molecule has 0 unspecified atom stereocenters. The van der Waals surface area contributed by atoms with Crippen molar-refractivity contribution in [1.82, 2.24) is 4.57 Å². The highest BCUT2D eigenvalue weighted by molar-refractivity contribution is 6.31. The van der Waals surface area contributed by atoms with E-state index in [0.717, 1.165) is 22.2 Å². The Hall–Kier alpha value is -2.26. The minimum Gasteiger partial charge on any atom is -0.481 e. The van der Waals surface area contributed by atoms with E-state index < -0.39 is 5.97 Å². The molecule has 0 radical (unpaired) electrons. The third kappa shape index (κ3) is 2.72. The molecule has 0 aliphatic rings. The van der Waals surface area contributed by atoms with Crippen LogP contribution in [0, 0.1) is 6.92 Å². The molecule has 0 amide bonds. The normalized spacial score (nSPS) is 11.0. The summed E-state index contributed by atoms with van der Waals surface area (Å²) < 4.78 is 2.13. The lowest BCUT2D eigenvalue weighted by Crippen LogP contribution is -2.05. The first-order valence-corrected chi connectivity index (χ1v) is 7.47. The van der Waals surface area contributed by atoms with Crippen LogP contribution in [0.15, 0.2) is 48.5 Å². The molecule has 0 fully saturated rings. The largest absolute Gasteiger partial charge is 0.481 e. The molecule has 112 valence electrons. The molecule has 22 heavy (non-hydrogen) atoms. The molecule has 1 N–H and O–H groups in total. The maximum Gasteiger partial charge on any atom is 0.307 e. The van der Waals surface area contributed by atoms with Gasteiger partial charge in [0.1, 0.15) is 0 Å². The Labute approximate surface area is 133 Å². The fourth-order valence-corrected chi connectivity index (χ4v) is 3.03. The first kappa shape index (κ1) is 14.7. The van der Waals surface area contributed by atoms with E-state index in [2.05, 4.69) is 16.7 Å². The topological polar surface area (TPSA) is 42.2 Å². The van der Waals surface area contributed by atoms with E-state index in [-0.39, 0.29) is 6.42 Å². The molecule has 4 heteroatoms. The van der Waals surface area contributed by atoms with Gasteiger partial charge in [-0.05, 0) is 30.2 Å². The van der Waals surface area contributed by atoms with Gasteiger partial charge in [0.05, 0.1) is 11.9 Å². The quantitative estimate of drug-likeness (QED) is 0.781. The minimum atomic E-state index is -0.822. The summed E-state index contributed by atoms with van der Waals surface area (Å²) in [5, 5.41) is 10.8. The maximum absolute atomic E-state index is 11.2. The summed E-state index contributed by atoms with van der Waals surface area (Å²) in [7, 11) is 0. The van der Waals surface area contributed by atoms with Crippen LogP contribution in [0.25, 0.3) is 10.9 Å². The number of hydrogen-bond acceptors (Lipinski definition) is 1. The highest BCUT2D eigenvalue weighted by Gasteiger charge is 2.16. The number of carboxylic acids is 1. The Morgan fingerprint density at radius 1 is 1.18 bits per heavy atom. The zero-order valence-corrected chi connectivity index (χ0v) is 13.0. The van der Waals surface area contributed by atoms with Crippen LogP contribution in [0.5, 0.6) is 0 Å². The number of hydrogen-bond donors (Lipinski definition) is 1. The van der Waals surface area contributed by atoms with Crippen LogP contribution in [-0.4, -0.2) is 15.6 Å². The Kier molecular flexibility index (Phi) is 3.90. The van der Waals surface area contributed by atoms with Crippen LogP contribution < -0.4 is 0 Å². The van der Waals surface area contributed by atoms with Crippen LogP contribution in [0.1, 0.15) is 16.8 Å². The van der Waals surface area contributed by atoms with Crippen molar-refractivity contribution in [3.05, 3.63) is 70.4 Å². The predicted octanol–water partition coefficient (Wildman–Crippen LogP) is 4.28. The summed E-state index contributed by atoms with van der Waals surface area (Å²) in [5.74, 6) is -0.822. The van der Waals surface area contributed by atoms with Gasteiger partial charge in [-0.1, -0.05) is 48.0 Å². The molecule has 3 rings (SSSR count). The SMILES string of the molecule is Cc1c(CC(=O)O)c2ccc(Cl)cc2n1Cc1ccccc1. The number of aromatic nitrogens is 1.